The molecule has 1 aliphatic rings. The summed E-state index contributed by atoms with van der Waals surface area (Å²) in [5, 5.41) is 0. The molecule has 1 aromatic rings. The van der Waals surface area contributed by atoms with E-state index in [1.165, 1.54) is 0 Å². The summed E-state index contributed by atoms with van der Waals surface area (Å²) in [4.78, 5) is 0. The third-order valence-electron chi connectivity index (χ3n) is 2.32. The number of fused-ring (bicyclic) bond motifs is 1. The van der Waals surface area contributed by atoms with Crippen LogP contribution in [0.2, 0.25) is 0 Å². The fourth-order valence-corrected chi connectivity index (χ4v) is 1.76. The van der Waals surface area contributed by atoms with Crippen LogP contribution in [0.25, 0.3) is 0 Å². The van der Waals surface area contributed by atoms with Gasteiger partial charge in [-0.15, -0.1) is 0 Å². The van der Waals surface area contributed by atoms with Gasteiger partial charge < -0.3 is 37.9 Å². The number of halogens is 1. The quantitative estimate of drug-likeness (QED) is 0.486. The van der Waals surface area contributed by atoms with Crippen molar-refractivity contribution in [3.8, 4) is 11.5 Å². The second-order valence-corrected chi connectivity index (χ2v) is 4.97. The summed E-state index contributed by atoms with van der Waals surface area (Å²) in [6.07, 6.45) is 0.153. The maximum absolute atomic E-state index is 5.87. The van der Waals surface area contributed by atoms with Gasteiger partial charge in [0, 0.05) is 0 Å². The molecule has 90 valence electrons. The van der Waals surface area contributed by atoms with Gasteiger partial charge in [0.1, 0.15) is 13.2 Å². The van der Waals surface area contributed by atoms with Gasteiger partial charge >= 0.3 is 0 Å². The van der Waals surface area contributed by atoms with Crippen LogP contribution >= 0.6 is 0 Å². The zero-order valence-corrected chi connectivity index (χ0v) is 12.1. The zero-order valence-electron chi connectivity index (χ0n) is 9.94. The van der Waals surface area contributed by atoms with Crippen molar-refractivity contribution in [2.24, 2.45) is 0 Å². The van der Waals surface area contributed by atoms with Crippen LogP contribution in [0.4, 0.5) is 0 Å². The van der Waals surface area contributed by atoms with Crippen LogP contribution in [0.5, 0.6) is 11.5 Å². The van der Waals surface area contributed by atoms with E-state index >= 15 is 0 Å². The van der Waals surface area contributed by atoms with Gasteiger partial charge in [-0.25, -0.2) is 0 Å². The van der Waals surface area contributed by atoms with E-state index in [1.54, 1.807) is 0 Å². The number of benzene rings is 1. The van der Waals surface area contributed by atoms with E-state index in [0.29, 0.717) is 6.61 Å². The Kier molecular flexibility index (Phi) is 4.43. The lowest BCUT2D eigenvalue weighted by molar-refractivity contribution is -0.873. The van der Waals surface area contributed by atoms with Gasteiger partial charge in [-0.1, -0.05) is 12.1 Å². The molecule has 1 unspecified atom stereocenters. The minimum Gasteiger partial charge on any atom is -1.00 e. The van der Waals surface area contributed by atoms with E-state index < -0.39 is 0 Å². The molecule has 0 aliphatic carbocycles. The smallest absolute Gasteiger partial charge is 0.181 e. The maximum atomic E-state index is 5.87. The fourth-order valence-electron chi connectivity index (χ4n) is 1.76. The van der Waals surface area contributed by atoms with Crippen LogP contribution in [0.1, 0.15) is 0 Å². The highest BCUT2D eigenvalue weighted by Crippen LogP contribution is 2.31. The molecule has 1 aromatic carbocycles. The fraction of sp³-hybridized carbons (Fsp3) is 0.500. The molecule has 0 spiro atoms. The number of ether oxygens (including phenoxy) is 2. The van der Waals surface area contributed by atoms with Crippen molar-refractivity contribution in [1.82, 2.24) is 0 Å². The topological polar surface area (TPSA) is 18.5 Å². The average Bonchev–Trinajstić information content (AvgIpc) is 2.15. The van der Waals surface area contributed by atoms with Gasteiger partial charge in [0.2, 0.25) is 0 Å². The third kappa shape index (κ3) is 3.52. The Morgan fingerprint density at radius 2 is 1.81 bits per heavy atom. The number of likely N-dealkylation sites (N-methyl/N-ethyl adjacent to an activating group) is 1. The Balaban J connectivity index is 0.00000128. The summed E-state index contributed by atoms with van der Waals surface area (Å²) >= 11 is 0. The highest BCUT2D eigenvalue weighted by Gasteiger charge is 2.25. The number of quaternary nitrogens is 1. The summed E-state index contributed by atoms with van der Waals surface area (Å²) in [6.45, 7) is 1.60. The Hall–Kier alpha value is -0.490. The minimum absolute atomic E-state index is 0. The highest BCUT2D eigenvalue weighted by atomic mass is 127. The predicted octanol–water partition coefficient (Wildman–Crippen LogP) is -1.46. The summed E-state index contributed by atoms with van der Waals surface area (Å²) in [5.74, 6) is 1.72. The Bertz CT molecular complexity index is 349. The Morgan fingerprint density at radius 3 is 2.44 bits per heavy atom. The molecule has 0 saturated carbocycles. The molecule has 16 heavy (non-hydrogen) atoms. The summed E-state index contributed by atoms with van der Waals surface area (Å²) < 4.78 is 12.4. The van der Waals surface area contributed by atoms with E-state index in [4.69, 9.17) is 9.47 Å². The average molecular weight is 335 g/mol. The maximum Gasteiger partial charge on any atom is 0.181 e. The summed E-state index contributed by atoms with van der Waals surface area (Å²) in [5.41, 5.74) is 0. The molecular formula is C12H18INO2. The van der Waals surface area contributed by atoms with Crippen LogP contribution < -0.4 is 33.5 Å². The molecule has 0 saturated heterocycles. The number of rotatable bonds is 2. The molecule has 4 heteroatoms. The second kappa shape index (κ2) is 5.23. The molecule has 1 atom stereocenters. The lowest BCUT2D eigenvalue weighted by atomic mass is 10.2. The first-order valence-electron chi connectivity index (χ1n) is 5.23. The lowest BCUT2D eigenvalue weighted by Gasteiger charge is -2.32. The molecule has 0 fully saturated rings. The first kappa shape index (κ1) is 13.6. The molecule has 0 radical (unpaired) electrons. The molecule has 3 nitrogen and oxygen atoms in total. The van der Waals surface area contributed by atoms with Gasteiger partial charge in [0.05, 0.1) is 21.1 Å². The van der Waals surface area contributed by atoms with Crippen molar-refractivity contribution in [1.29, 1.82) is 0 Å². The SMILES string of the molecule is C[N+](C)(C)CC1COc2ccccc2O1.[I-]. The van der Waals surface area contributed by atoms with E-state index in [9.17, 15) is 0 Å². The first-order chi connectivity index (χ1) is 7.04. The summed E-state index contributed by atoms with van der Waals surface area (Å²) in [7, 11) is 6.47. The van der Waals surface area contributed by atoms with Gasteiger partial charge in [0.15, 0.2) is 17.6 Å². The van der Waals surface area contributed by atoms with Gasteiger partial charge in [-0.3, -0.25) is 0 Å². The number of hydrogen-bond donors (Lipinski definition) is 0. The van der Waals surface area contributed by atoms with Crippen LogP contribution in [-0.2, 0) is 0 Å². The summed E-state index contributed by atoms with van der Waals surface area (Å²) in [6, 6.07) is 7.83. The molecule has 2 rings (SSSR count). The molecule has 0 bridgehead atoms. The highest BCUT2D eigenvalue weighted by molar-refractivity contribution is 5.40. The first-order valence-corrected chi connectivity index (χ1v) is 5.23. The van der Waals surface area contributed by atoms with Crippen LogP contribution in [0.3, 0.4) is 0 Å². The number of hydrogen-bond acceptors (Lipinski definition) is 2. The lowest BCUT2D eigenvalue weighted by Crippen LogP contribution is -3.00. The largest absolute Gasteiger partial charge is 1.00 e. The number of nitrogens with zero attached hydrogens (tertiary/aromatic N) is 1. The van der Waals surface area contributed by atoms with Crippen molar-refractivity contribution < 1.29 is 37.9 Å². The monoisotopic (exact) mass is 335 g/mol. The van der Waals surface area contributed by atoms with E-state index in [-0.39, 0.29) is 30.1 Å². The van der Waals surface area contributed by atoms with Crippen molar-refractivity contribution in [3.63, 3.8) is 0 Å². The normalized spacial score (nSPS) is 18.8. The Morgan fingerprint density at radius 1 is 1.19 bits per heavy atom. The molecule has 1 aliphatic heterocycles. The van der Waals surface area contributed by atoms with Crippen LogP contribution in [0.15, 0.2) is 24.3 Å². The molecule has 1 heterocycles. The molecule has 0 N–H and O–H groups in total. The molecule has 0 amide bonds. The molecular weight excluding hydrogens is 317 g/mol. The second-order valence-electron chi connectivity index (χ2n) is 4.97. The van der Waals surface area contributed by atoms with Crippen molar-refractivity contribution in [2.75, 3.05) is 34.3 Å². The standard InChI is InChI=1S/C12H18NO2.HI/c1-13(2,3)8-10-9-14-11-6-4-5-7-12(11)15-10;/h4-7,10H,8-9H2,1-3H3;1H/q+1;/p-1. The number of para-hydroxylation sites is 2. The van der Waals surface area contributed by atoms with Gasteiger partial charge in [0.25, 0.3) is 0 Å². The van der Waals surface area contributed by atoms with Crippen molar-refractivity contribution in [3.05, 3.63) is 24.3 Å². The van der Waals surface area contributed by atoms with E-state index in [1.807, 2.05) is 24.3 Å². The van der Waals surface area contributed by atoms with E-state index in [0.717, 1.165) is 22.5 Å². The van der Waals surface area contributed by atoms with Crippen LogP contribution in [-0.4, -0.2) is 44.9 Å². The third-order valence-corrected chi connectivity index (χ3v) is 2.32. The van der Waals surface area contributed by atoms with Crippen LogP contribution in [0, 0.1) is 0 Å². The zero-order chi connectivity index (χ0) is 10.9. The predicted molar refractivity (Wildman–Crippen MR) is 59.3 cm³/mol. The Labute approximate surface area is 114 Å². The molecule has 0 aromatic heterocycles. The van der Waals surface area contributed by atoms with Crippen molar-refractivity contribution in [2.45, 2.75) is 6.10 Å². The van der Waals surface area contributed by atoms with Gasteiger partial charge in [-0.05, 0) is 12.1 Å². The van der Waals surface area contributed by atoms with Gasteiger partial charge in [-0.2, -0.15) is 0 Å². The minimum atomic E-state index is 0. The van der Waals surface area contributed by atoms with Crippen molar-refractivity contribution >= 4 is 0 Å². The van der Waals surface area contributed by atoms with E-state index in [2.05, 4.69) is 21.1 Å².